The number of nitrogens with zero attached hydrogens (tertiary/aromatic N) is 1. The first kappa shape index (κ1) is 11.8. The highest BCUT2D eigenvalue weighted by molar-refractivity contribution is 9.10. The van der Waals surface area contributed by atoms with Crippen LogP contribution in [0.5, 0.6) is 0 Å². The zero-order valence-electron chi connectivity index (χ0n) is 8.85. The Morgan fingerprint density at radius 1 is 1.38 bits per heavy atom. The van der Waals surface area contributed by atoms with Gasteiger partial charge in [0.25, 0.3) is 0 Å². The van der Waals surface area contributed by atoms with Crippen LogP contribution in [0.25, 0.3) is 0 Å². The fourth-order valence-electron chi connectivity index (χ4n) is 1.51. The third-order valence-corrected chi connectivity index (χ3v) is 4.28. The van der Waals surface area contributed by atoms with E-state index < -0.39 is 6.10 Å². The maximum atomic E-state index is 10.2. The Morgan fingerprint density at radius 2 is 2.06 bits per heavy atom. The minimum absolute atomic E-state index is 0.590. The number of rotatable bonds is 3. The van der Waals surface area contributed by atoms with Crippen molar-refractivity contribution >= 4 is 27.3 Å². The Kier molecular flexibility index (Phi) is 3.74. The lowest BCUT2D eigenvalue weighted by Crippen LogP contribution is -1.98. The van der Waals surface area contributed by atoms with Crippen LogP contribution in [0.4, 0.5) is 0 Å². The number of hydrogen-bond donors (Lipinski definition) is 1. The van der Waals surface area contributed by atoms with Crippen LogP contribution in [-0.4, -0.2) is 10.1 Å². The van der Waals surface area contributed by atoms with Crippen LogP contribution in [0.15, 0.2) is 34.4 Å². The molecule has 0 bridgehead atoms. The molecule has 1 atom stereocenters. The number of aliphatic hydroxyl groups excluding tert-OH is 1. The van der Waals surface area contributed by atoms with Crippen LogP contribution >= 0.6 is 27.3 Å². The molecule has 0 saturated carbocycles. The summed E-state index contributed by atoms with van der Waals surface area (Å²) in [7, 11) is 0. The molecule has 1 N–H and O–H groups in total. The van der Waals surface area contributed by atoms with Crippen LogP contribution in [-0.2, 0) is 6.42 Å². The van der Waals surface area contributed by atoms with Gasteiger partial charge in [-0.3, -0.25) is 0 Å². The predicted molar refractivity (Wildman–Crippen MR) is 69.7 cm³/mol. The van der Waals surface area contributed by atoms with E-state index in [1.165, 1.54) is 16.9 Å². The van der Waals surface area contributed by atoms with E-state index >= 15 is 0 Å². The van der Waals surface area contributed by atoms with Crippen LogP contribution in [0.1, 0.15) is 29.0 Å². The molecular weight excluding hydrogens is 286 g/mol. The second kappa shape index (κ2) is 5.08. The quantitative estimate of drug-likeness (QED) is 0.940. The van der Waals surface area contributed by atoms with E-state index in [1.807, 2.05) is 24.3 Å². The first-order valence-electron chi connectivity index (χ1n) is 5.08. The maximum Gasteiger partial charge on any atom is 0.123 e. The van der Waals surface area contributed by atoms with Gasteiger partial charge < -0.3 is 5.11 Å². The summed E-state index contributed by atoms with van der Waals surface area (Å²) in [6, 6.07) is 8.03. The molecule has 0 saturated heterocycles. The van der Waals surface area contributed by atoms with Gasteiger partial charge in [0.1, 0.15) is 10.7 Å². The number of benzene rings is 1. The van der Waals surface area contributed by atoms with E-state index in [9.17, 15) is 5.11 Å². The monoisotopic (exact) mass is 297 g/mol. The number of halogens is 1. The minimum Gasteiger partial charge on any atom is -0.383 e. The van der Waals surface area contributed by atoms with Crippen molar-refractivity contribution in [1.82, 2.24) is 4.98 Å². The summed E-state index contributed by atoms with van der Waals surface area (Å²) >= 11 is 4.79. The molecule has 0 spiro atoms. The molecule has 16 heavy (non-hydrogen) atoms. The Labute approximate surface area is 107 Å². The Bertz CT molecular complexity index is 466. The van der Waals surface area contributed by atoms with E-state index in [4.69, 9.17) is 0 Å². The third-order valence-electron chi connectivity index (χ3n) is 2.50. The minimum atomic E-state index is -0.590. The summed E-state index contributed by atoms with van der Waals surface area (Å²) < 4.78 is 0.726. The number of aryl methyl sites for hydroxylation is 1. The Hall–Kier alpha value is -0.710. The van der Waals surface area contributed by atoms with Crippen LogP contribution < -0.4 is 0 Å². The van der Waals surface area contributed by atoms with Crippen molar-refractivity contribution in [2.24, 2.45) is 0 Å². The molecule has 2 rings (SSSR count). The lowest BCUT2D eigenvalue weighted by atomic mass is 10.1. The van der Waals surface area contributed by atoms with Crippen molar-refractivity contribution in [3.63, 3.8) is 0 Å². The summed E-state index contributed by atoms with van der Waals surface area (Å²) in [5.74, 6) is 0. The van der Waals surface area contributed by atoms with Crippen molar-refractivity contribution in [3.8, 4) is 0 Å². The van der Waals surface area contributed by atoms with E-state index in [1.54, 1.807) is 5.51 Å². The zero-order valence-corrected chi connectivity index (χ0v) is 11.3. The smallest absolute Gasteiger partial charge is 0.123 e. The number of hydrogen-bond acceptors (Lipinski definition) is 3. The van der Waals surface area contributed by atoms with Gasteiger partial charge in [-0.15, -0.1) is 11.3 Å². The molecule has 0 aliphatic carbocycles. The van der Waals surface area contributed by atoms with Crippen molar-refractivity contribution in [2.75, 3.05) is 0 Å². The lowest BCUT2D eigenvalue weighted by Gasteiger charge is -2.09. The highest BCUT2D eigenvalue weighted by Gasteiger charge is 2.15. The predicted octanol–water partition coefficient (Wildman–Crippen LogP) is 3.55. The normalized spacial score (nSPS) is 12.7. The zero-order chi connectivity index (χ0) is 11.5. The van der Waals surface area contributed by atoms with Gasteiger partial charge >= 0.3 is 0 Å². The first-order valence-corrected chi connectivity index (χ1v) is 6.75. The highest BCUT2D eigenvalue weighted by atomic mass is 79.9. The van der Waals surface area contributed by atoms with E-state index in [2.05, 4.69) is 27.8 Å². The molecule has 0 aliphatic heterocycles. The fraction of sp³-hybridized carbons (Fsp3) is 0.250. The van der Waals surface area contributed by atoms with Gasteiger partial charge in [-0.2, -0.15) is 0 Å². The summed E-state index contributed by atoms with van der Waals surface area (Å²) in [4.78, 5) is 4.92. The van der Waals surface area contributed by atoms with Gasteiger partial charge in [0, 0.05) is 0 Å². The second-order valence-electron chi connectivity index (χ2n) is 3.51. The molecule has 0 aliphatic rings. The van der Waals surface area contributed by atoms with Crippen molar-refractivity contribution in [3.05, 3.63) is 50.4 Å². The molecule has 1 heterocycles. The van der Waals surface area contributed by atoms with E-state index in [-0.39, 0.29) is 0 Å². The molecule has 2 nitrogen and oxygen atoms in total. The largest absolute Gasteiger partial charge is 0.383 e. The Balaban J connectivity index is 2.27. The molecule has 84 valence electrons. The van der Waals surface area contributed by atoms with E-state index in [0.717, 1.165) is 21.5 Å². The second-order valence-corrected chi connectivity index (χ2v) is 5.14. The molecular formula is C12H12BrNOS. The summed E-state index contributed by atoms with van der Waals surface area (Å²) in [5.41, 5.74) is 3.91. The van der Waals surface area contributed by atoms with Gasteiger partial charge in [-0.1, -0.05) is 31.2 Å². The first-order chi connectivity index (χ1) is 7.72. The molecule has 1 unspecified atom stereocenters. The Morgan fingerprint density at radius 3 is 2.56 bits per heavy atom. The molecule has 0 fully saturated rings. The van der Waals surface area contributed by atoms with Crippen molar-refractivity contribution < 1.29 is 5.11 Å². The van der Waals surface area contributed by atoms with Crippen LogP contribution in [0, 0.1) is 0 Å². The molecule has 0 radical (unpaired) electrons. The number of aliphatic hydroxyl groups is 1. The van der Waals surface area contributed by atoms with Gasteiger partial charge in [0.2, 0.25) is 0 Å². The van der Waals surface area contributed by atoms with Crippen LogP contribution in [0.3, 0.4) is 0 Å². The summed E-state index contributed by atoms with van der Waals surface area (Å²) in [5, 5.41) is 10.2. The topological polar surface area (TPSA) is 33.1 Å². The van der Waals surface area contributed by atoms with E-state index in [0.29, 0.717) is 0 Å². The molecule has 0 amide bonds. The van der Waals surface area contributed by atoms with Gasteiger partial charge in [0.15, 0.2) is 0 Å². The van der Waals surface area contributed by atoms with Crippen molar-refractivity contribution in [2.45, 2.75) is 19.4 Å². The van der Waals surface area contributed by atoms with Gasteiger partial charge in [-0.25, -0.2) is 4.98 Å². The summed E-state index contributed by atoms with van der Waals surface area (Å²) in [6.07, 6.45) is 0.424. The summed E-state index contributed by atoms with van der Waals surface area (Å²) in [6.45, 7) is 2.12. The van der Waals surface area contributed by atoms with Gasteiger partial charge in [-0.05, 0) is 33.5 Å². The molecule has 1 aromatic carbocycles. The molecule has 2 aromatic rings. The van der Waals surface area contributed by atoms with Crippen LogP contribution in [0.2, 0.25) is 0 Å². The number of thiazole rings is 1. The average molecular weight is 298 g/mol. The fourth-order valence-corrected chi connectivity index (χ4v) is 2.93. The SMILES string of the molecule is CCc1ccc(C(O)c2scnc2Br)cc1. The van der Waals surface area contributed by atoms with Gasteiger partial charge in [0.05, 0.1) is 10.4 Å². The lowest BCUT2D eigenvalue weighted by molar-refractivity contribution is 0.223. The maximum absolute atomic E-state index is 10.2. The standard InChI is InChI=1S/C12H12BrNOS/c1-2-8-3-5-9(6-4-8)10(15)11-12(13)14-7-16-11/h3-7,10,15H,2H2,1H3. The van der Waals surface area contributed by atoms with Crippen molar-refractivity contribution in [1.29, 1.82) is 0 Å². The average Bonchev–Trinajstić information content (AvgIpc) is 2.75. The molecule has 1 aromatic heterocycles. The highest BCUT2D eigenvalue weighted by Crippen LogP contribution is 2.31. The third kappa shape index (κ3) is 2.34. The number of aromatic nitrogens is 1. The molecule has 4 heteroatoms.